The second-order valence-corrected chi connectivity index (χ2v) is 15.1. The van der Waals surface area contributed by atoms with Crippen LogP contribution in [-0.4, -0.2) is 54.4 Å². The average Bonchev–Trinajstić information content (AvgIpc) is 4.04. The van der Waals surface area contributed by atoms with Gasteiger partial charge >= 0.3 is 0 Å². The molecule has 4 heterocycles. The molecule has 9 rings (SSSR count). The molecule has 0 aliphatic carbocycles. The zero-order chi connectivity index (χ0) is 46.0. The van der Waals surface area contributed by atoms with E-state index in [2.05, 4.69) is 13.8 Å². The lowest BCUT2D eigenvalue weighted by molar-refractivity contribution is -0.121. The zero-order valence-electron chi connectivity index (χ0n) is 34.9. The summed E-state index contributed by atoms with van der Waals surface area (Å²) in [6.45, 7) is 4.28. The summed E-state index contributed by atoms with van der Waals surface area (Å²) in [4.78, 5) is 98.7. The van der Waals surface area contributed by atoms with Gasteiger partial charge in [0.1, 0.15) is 28.7 Å². The molecule has 4 aliphatic heterocycles. The topological polar surface area (TPSA) is 177 Å². The second-order valence-electron chi connectivity index (χ2n) is 15.1. The van der Waals surface area contributed by atoms with Gasteiger partial charge in [-0.3, -0.25) is 38.4 Å². The lowest BCUT2D eigenvalue weighted by Gasteiger charge is -2.26. The molecule has 0 fully saturated rings. The summed E-state index contributed by atoms with van der Waals surface area (Å²) in [5.74, 6) is -0.640. The third kappa shape index (κ3) is 8.74. The van der Waals surface area contributed by atoms with E-state index < -0.39 is 23.6 Å². The van der Waals surface area contributed by atoms with Gasteiger partial charge in [-0.1, -0.05) is 38.1 Å². The Hall–Kier alpha value is -8.98. The lowest BCUT2D eigenvalue weighted by Crippen LogP contribution is -2.32. The standard InChI is InChI=1S/C35H26N2O6.C15H10N2O5/c1-35(2,23-3-11-27(12-4-23)42-29-15-7-25(8-16-29)36-31(38)19-20-32(36)39)24-5-13-28(14-6-24)43-30-17-9-26(10-18-30)37-33(40)21-22-34(37)41;1-22-11-7-9(16-12(18)2-3-13(16)19)6-10(8-11)17-14(20)4-5-15(17)21/h3-22H,1-2H3;2-8H,1H3. The fourth-order valence-corrected chi connectivity index (χ4v) is 7.21. The predicted molar refractivity (Wildman–Crippen MR) is 238 cm³/mol. The van der Waals surface area contributed by atoms with Crippen molar-refractivity contribution in [2.45, 2.75) is 19.3 Å². The lowest BCUT2D eigenvalue weighted by atomic mass is 9.78. The molecule has 65 heavy (non-hydrogen) atoms. The molecular formula is C50H36N4O11. The number of hydrogen-bond donors (Lipinski definition) is 0. The van der Waals surface area contributed by atoms with Gasteiger partial charge in [0.15, 0.2) is 0 Å². The molecule has 0 N–H and O–H groups in total. The maximum atomic E-state index is 11.9. The molecule has 4 aliphatic rings. The van der Waals surface area contributed by atoms with Crippen molar-refractivity contribution in [2.24, 2.45) is 0 Å². The van der Waals surface area contributed by atoms with Crippen molar-refractivity contribution in [1.82, 2.24) is 0 Å². The Labute approximate surface area is 371 Å². The van der Waals surface area contributed by atoms with E-state index in [1.54, 1.807) is 48.5 Å². The summed E-state index contributed by atoms with van der Waals surface area (Å²) >= 11 is 0. The molecule has 0 unspecified atom stereocenters. The highest BCUT2D eigenvalue weighted by Crippen LogP contribution is 2.36. The Bertz CT molecular complexity index is 2670. The average molecular weight is 869 g/mol. The Balaban J connectivity index is 0.000000219. The minimum absolute atomic E-state index is 0.224. The van der Waals surface area contributed by atoms with Crippen LogP contribution in [0.2, 0.25) is 0 Å². The van der Waals surface area contributed by atoms with Crippen molar-refractivity contribution in [1.29, 1.82) is 0 Å². The molecule has 0 atom stereocenters. The molecular weight excluding hydrogens is 833 g/mol. The number of nitrogens with zero attached hydrogens (tertiary/aromatic N) is 4. The fourth-order valence-electron chi connectivity index (χ4n) is 7.21. The highest BCUT2D eigenvalue weighted by Gasteiger charge is 2.31. The maximum absolute atomic E-state index is 11.9. The Morgan fingerprint density at radius 3 is 0.831 bits per heavy atom. The van der Waals surface area contributed by atoms with Crippen molar-refractivity contribution >= 4 is 70.0 Å². The molecule has 0 spiro atoms. The molecule has 0 saturated heterocycles. The first-order valence-electron chi connectivity index (χ1n) is 19.9. The number of amides is 8. The van der Waals surface area contributed by atoms with Crippen LogP contribution < -0.4 is 33.8 Å². The summed E-state index contributed by atoms with van der Waals surface area (Å²) in [6.07, 6.45) is 9.60. The van der Waals surface area contributed by atoms with Crippen molar-refractivity contribution in [3.05, 3.63) is 175 Å². The molecule has 5 aromatic carbocycles. The molecule has 0 bridgehead atoms. The highest BCUT2D eigenvalue weighted by molar-refractivity contribution is 6.31. The van der Waals surface area contributed by atoms with Crippen LogP contribution in [0.4, 0.5) is 22.7 Å². The van der Waals surface area contributed by atoms with Gasteiger partial charge < -0.3 is 14.2 Å². The quantitative estimate of drug-likeness (QED) is 0.125. The zero-order valence-corrected chi connectivity index (χ0v) is 34.9. The second kappa shape index (κ2) is 17.4. The molecule has 322 valence electrons. The van der Waals surface area contributed by atoms with Crippen molar-refractivity contribution in [2.75, 3.05) is 26.7 Å². The van der Waals surface area contributed by atoms with Gasteiger partial charge in [0, 0.05) is 66.2 Å². The summed E-state index contributed by atoms with van der Waals surface area (Å²) in [7, 11) is 1.40. The van der Waals surface area contributed by atoms with E-state index in [1.165, 1.54) is 49.6 Å². The number of carbonyl (C=O) groups is 8. The first kappa shape index (κ1) is 42.7. The fraction of sp³-hybridized carbons (Fsp3) is 0.0800. The van der Waals surface area contributed by atoms with Gasteiger partial charge in [-0.2, -0.15) is 0 Å². The van der Waals surface area contributed by atoms with Crippen LogP contribution in [0.25, 0.3) is 0 Å². The van der Waals surface area contributed by atoms with Crippen LogP contribution in [0.15, 0.2) is 164 Å². The number of benzene rings is 5. The molecule has 8 amide bonds. The van der Waals surface area contributed by atoms with Crippen molar-refractivity contribution < 1.29 is 52.6 Å². The monoisotopic (exact) mass is 868 g/mol. The normalized spacial score (nSPS) is 15.5. The van der Waals surface area contributed by atoms with E-state index in [9.17, 15) is 38.4 Å². The Morgan fingerprint density at radius 1 is 0.323 bits per heavy atom. The SMILES string of the molecule is CC(C)(c1ccc(Oc2ccc(N3C(=O)C=CC3=O)cc2)cc1)c1ccc(Oc2ccc(N3C(=O)C=CC3=O)cc2)cc1.COc1cc(N2C(=O)C=CC2=O)cc(N2C(=O)C=CC2=O)c1. The third-order valence-electron chi connectivity index (χ3n) is 10.7. The number of imide groups is 4. The number of hydrogen-bond acceptors (Lipinski definition) is 11. The number of anilines is 4. The molecule has 0 radical (unpaired) electrons. The summed E-state index contributed by atoms with van der Waals surface area (Å²) in [5, 5.41) is 0. The molecule has 15 heteroatoms. The van der Waals surface area contributed by atoms with E-state index >= 15 is 0 Å². The van der Waals surface area contributed by atoms with Crippen LogP contribution in [-0.2, 0) is 43.8 Å². The van der Waals surface area contributed by atoms with Crippen molar-refractivity contribution in [3.63, 3.8) is 0 Å². The van der Waals surface area contributed by atoms with Gasteiger partial charge in [0.2, 0.25) is 0 Å². The molecule has 5 aromatic rings. The number of methoxy groups -OCH3 is 1. The van der Waals surface area contributed by atoms with E-state index in [4.69, 9.17) is 14.2 Å². The van der Waals surface area contributed by atoms with Crippen LogP contribution in [0.5, 0.6) is 28.7 Å². The van der Waals surface area contributed by atoms with Gasteiger partial charge in [-0.15, -0.1) is 0 Å². The Kier molecular flexibility index (Phi) is 11.4. The van der Waals surface area contributed by atoms with Gasteiger partial charge in [-0.05, 0) is 90.0 Å². The van der Waals surface area contributed by atoms with E-state index in [0.717, 1.165) is 55.0 Å². The maximum Gasteiger partial charge on any atom is 0.258 e. The minimum Gasteiger partial charge on any atom is -0.497 e. The third-order valence-corrected chi connectivity index (χ3v) is 10.7. The van der Waals surface area contributed by atoms with Gasteiger partial charge in [0.05, 0.1) is 29.9 Å². The summed E-state index contributed by atoms with van der Waals surface area (Å²) < 4.78 is 17.1. The molecule has 0 saturated carbocycles. The van der Waals surface area contributed by atoms with Gasteiger partial charge in [0.25, 0.3) is 47.3 Å². The number of ether oxygens (including phenoxy) is 3. The van der Waals surface area contributed by atoms with E-state index in [-0.39, 0.29) is 40.4 Å². The number of carbonyl (C=O) groups excluding carboxylic acids is 8. The van der Waals surface area contributed by atoms with E-state index in [0.29, 0.717) is 40.1 Å². The van der Waals surface area contributed by atoms with Crippen LogP contribution >= 0.6 is 0 Å². The first-order chi connectivity index (χ1) is 31.2. The number of rotatable bonds is 11. The molecule has 0 aromatic heterocycles. The molecule has 15 nitrogen and oxygen atoms in total. The van der Waals surface area contributed by atoms with Crippen LogP contribution in [0.1, 0.15) is 25.0 Å². The van der Waals surface area contributed by atoms with Crippen LogP contribution in [0.3, 0.4) is 0 Å². The largest absolute Gasteiger partial charge is 0.497 e. The highest BCUT2D eigenvalue weighted by atomic mass is 16.5. The van der Waals surface area contributed by atoms with E-state index in [1.807, 2.05) is 48.5 Å². The first-order valence-corrected chi connectivity index (χ1v) is 19.9. The van der Waals surface area contributed by atoms with Gasteiger partial charge in [-0.25, -0.2) is 19.6 Å². The predicted octanol–water partition coefficient (Wildman–Crippen LogP) is 7.01. The van der Waals surface area contributed by atoms with Crippen LogP contribution in [0, 0.1) is 0 Å². The summed E-state index contributed by atoms with van der Waals surface area (Å²) in [5.41, 5.74) is 3.32. The van der Waals surface area contributed by atoms with Crippen molar-refractivity contribution in [3.8, 4) is 28.7 Å². The Morgan fingerprint density at radius 2 is 0.569 bits per heavy atom. The summed E-state index contributed by atoms with van der Waals surface area (Å²) in [6, 6.07) is 33.7. The smallest absolute Gasteiger partial charge is 0.258 e. The minimum atomic E-state index is -0.499.